The minimum atomic E-state index is -3.87. The Kier molecular flexibility index (Phi) is 6.94. The molecule has 0 saturated carbocycles. The number of carbonyl (C=O) groups excluding carboxylic acids is 3. The van der Waals surface area contributed by atoms with Crippen LogP contribution in [-0.2, 0) is 25.2 Å². The Morgan fingerprint density at radius 2 is 1.78 bits per heavy atom. The number of aryl methyl sites for hydroxylation is 2. The van der Waals surface area contributed by atoms with Crippen LogP contribution in [0, 0.1) is 13.8 Å². The Bertz CT molecular complexity index is 1300. The van der Waals surface area contributed by atoms with Crippen molar-refractivity contribution in [2.75, 3.05) is 32.7 Å². The van der Waals surface area contributed by atoms with Crippen LogP contribution in [0.4, 0.5) is 13.6 Å². The van der Waals surface area contributed by atoms with Crippen LogP contribution >= 0.6 is 0 Å². The van der Waals surface area contributed by atoms with Gasteiger partial charge in [-0.15, -0.1) is 0 Å². The van der Waals surface area contributed by atoms with E-state index in [1.165, 1.54) is 54.2 Å². The molecule has 37 heavy (non-hydrogen) atoms. The summed E-state index contributed by atoms with van der Waals surface area (Å²) in [5, 5.41) is 6.23. The number of aromatic nitrogens is 1. The molecule has 3 heterocycles. The van der Waals surface area contributed by atoms with Crippen LogP contribution in [0.3, 0.4) is 0 Å². The number of alkyl halides is 2. The minimum absolute atomic E-state index is 0.000280. The number of ether oxygens (including phenoxy) is 1. The number of benzene rings is 1. The number of urea groups is 1. The summed E-state index contributed by atoms with van der Waals surface area (Å²) in [7, 11) is -3.87. The molecule has 200 valence electrons. The van der Waals surface area contributed by atoms with Gasteiger partial charge in [0.15, 0.2) is 5.76 Å². The third kappa shape index (κ3) is 4.87. The van der Waals surface area contributed by atoms with Gasteiger partial charge in [0, 0.05) is 26.2 Å². The molecule has 2 aliphatic heterocycles. The maximum absolute atomic E-state index is 13.1. The van der Waals surface area contributed by atoms with E-state index in [0.717, 1.165) is 4.90 Å². The maximum atomic E-state index is 13.1. The molecule has 12 nitrogen and oxygen atoms in total. The van der Waals surface area contributed by atoms with Crippen LogP contribution < -0.4 is 10.1 Å². The van der Waals surface area contributed by atoms with E-state index in [2.05, 4.69) is 15.2 Å². The van der Waals surface area contributed by atoms with Crippen LogP contribution in [0.2, 0.25) is 0 Å². The predicted octanol–water partition coefficient (Wildman–Crippen LogP) is 1.19. The molecule has 2 aliphatic rings. The number of carbonyl (C=O) groups is 3. The fraction of sp³-hybridized carbons (Fsp3) is 0.455. The first-order valence-corrected chi connectivity index (χ1v) is 12.7. The lowest BCUT2D eigenvalue weighted by Gasteiger charge is -2.34. The van der Waals surface area contributed by atoms with Gasteiger partial charge in [0.1, 0.15) is 28.4 Å². The van der Waals surface area contributed by atoms with Gasteiger partial charge in [-0.05, 0) is 38.5 Å². The number of amides is 4. The van der Waals surface area contributed by atoms with Gasteiger partial charge in [-0.25, -0.2) is 13.2 Å². The van der Waals surface area contributed by atoms with Gasteiger partial charge < -0.3 is 19.5 Å². The van der Waals surface area contributed by atoms with Gasteiger partial charge in [0.2, 0.25) is 15.9 Å². The molecule has 0 spiro atoms. The smallest absolute Gasteiger partial charge is 0.387 e. The number of nitrogens with zero attached hydrogens (tertiary/aromatic N) is 4. The monoisotopic (exact) mass is 541 g/mol. The zero-order valence-corrected chi connectivity index (χ0v) is 21.0. The summed E-state index contributed by atoms with van der Waals surface area (Å²) in [5.74, 6) is -1.15. The fourth-order valence-electron chi connectivity index (χ4n) is 4.39. The second-order valence-electron chi connectivity index (χ2n) is 8.79. The number of piperazine rings is 1. The number of rotatable bonds is 7. The van der Waals surface area contributed by atoms with E-state index < -0.39 is 46.6 Å². The van der Waals surface area contributed by atoms with Gasteiger partial charge in [0.25, 0.3) is 5.91 Å². The Balaban J connectivity index is 1.39. The zero-order valence-electron chi connectivity index (χ0n) is 20.2. The summed E-state index contributed by atoms with van der Waals surface area (Å²) < 4.78 is 61.3. The van der Waals surface area contributed by atoms with Crippen molar-refractivity contribution in [3.8, 4) is 5.75 Å². The largest absolute Gasteiger partial charge is 0.435 e. The SMILES string of the molecule is Cc1noc(C)c1S(=O)(=O)N1CCN(C(=O)CN2C(=O)NC(C)(c3ccc(OC(F)F)cc3)C2=O)CC1. The zero-order chi connectivity index (χ0) is 27.1. The van der Waals surface area contributed by atoms with E-state index >= 15 is 0 Å². The summed E-state index contributed by atoms with van der Waals surface area (Å²) >= 11 is 0. The summed E-state index contributed by atoms with van der Waals surface area (Å²) in [4.78, 5) is 40.8. The van der Waals surface area contributed by atoms with Crippen molar-refractivity contribution in [1.29, 1.82) is 0 Å². The van der Waals surface area contributed by atoms with Crippen LogP contribution in [-0.4, -0.2) is 84.9 Å². The molecule has 0 aliphatic carbocycles. The lowest BCUT2D eigenvalue weighted by molar-refractivity contribution is -0.139. The Labute approximate surface area is 211 Å². The van der Waals surface area contributed by atoms with Crippen LogP contribution in [0.15, 0.2) is 33.7 Å². The minimum Gasteiger partial charge on any atom is -0.435 e. The second kappa shape index (κ2) is 9.70. The van der Waals surface area contributed by atoms with E-state index in [9.17, 15) is 31.6 Å². The Hall–Kier alpha value is -3.59. The first-order chi connectivity index (χ1) is 17.3. The maximum Gasteiger partial charge on any atom is 0.387 e. The lowest BCUT2D eigenvalue weighted by atomic mass is 9.92. The van der Waals surface area contributed by atoms with E-state index in [-0.39, 0.29) is 48.3 Å². The van der Waals surface area contributed by atoms with Crippen LogP contribution in [0.5, 0.6) is 5.75 Å². The first kappa shape index (κ1) is 26.5. The van der Waals surface area contributed by atoms with Gasteiger partial charge in [-0.1, -0.05) is 17.3 Å². The highest BCUT2D eigenvalue weighted by molar-refractivity contribution is 7.89. The highest BCUT2D eigenvalue weighted by Gasteiger charge is 2.50. The van der Waals surface area contributed by atoms with Gasteiger partial charge in [-0.2, -0.15) is 13.1 Å². The lowest BCUT2D eigenvalue weighted by Crippen LogP contribution is -2.53. The van der Waals surface area contributed by atoms with Crippen molar-refractivity contribution in [1.82, 2.24) is 24.6 Å². The number of nitrogens with one attached hydrogen (secondary N) is 1. The number of halogens is 2. The molecule has 0 bridgehead atoms. The van der Waals surface area contributed by atoms with Crippen molar-refractivity contribution < 1.29 is 40.8 Å². The number of hydrogen-bond acceptors (Lipinski definition) is 8. The highest BCUT2D eigenvalue weighted by atomic mass is 32.2. The highest BCUT2D eigenvalue weighted by Crippen LogP contribution is 2.30. The predicted molar refractivity (Wildman–Crippen MR) is 122 cm³/mol. The van der Waals surface area contributed by atoms with Crippen molar-refractivity contribution in [2.24, 2.45) is 0 Å². The molecule has 1 atom stereocenters. The van der Waals surface area contributed by atoms with Crippen LogP contribution in [0.25, 0.3) is 0 Å². The van der Waals surface area contributed by atoms with Crippen molar-refractivity contribution in [2.45, 2.75) is 37.8 Å². The molecule has 2 aromatic rings. The summed E-state index contributed by atoms with van der Waals surface area (Å²) in [5.41, 5.74) is -0.948. The van der Waals surface area contributed by atoms with Crippen molar-refractivity contribution in [3.63, 3.8) is 0 Å². The fourth-order valence-corrected chi connectivity index (χ4v) is 6.10. The van der Waals surface area contributed by atoms with E-state index in [4.69, 9.17) is 4.52 Å². The molecule has 2 fully saturated rings. The quantitative estimate of drug-likeness (QED) is 0.515. The molecule has 0 radical (unpaired) electrons. The topological polar surface area (TPSA) is 142 Å². The molecule has 15 heteroatoms. The number of imide groups is 1. The number of hydrogen-bond donors (Lipinski definition) is 1. The van der Waals surface area contributed by atoms with Crippen molar-refractivity contribution >= 4 is 27.9 Å². The molecule has 2 saturated heterocycles. The average molecular weight is 542 g/mol. The van der Waals surface area contributed by atoms with Gasteiger partial charge in [-0.3, -0.25) is 14.5 Å². The second-order valence-corrected chi connectivity index (χ2v) is 10.7. The Morgan fingerprint density at radius 3 is 2.32 bits per heavy atom. The first-order valence-electron chi connectivity index (χ1n) is 11.2. The summed E-state index contributed by atoms with van der Waals surface area (Å²) in [6.45, 7) is 1.09. The number of sulfonamides is 1. The third-order valence-electron chi connectivity index (χ3n) is 6.38. The standard InChI is InChI=1S/C22H25F2N5O7S/c1-13-18(14(2)36-26-13)37(33,34)28-10-8-27(9-11-28)17(30)12-29-19(31)22(3,25-21(29)32)15-4-6-16(7-5-15)35-20(23)24/h4-7,20H,8-12H2,1-3H3,(H,25,32). The van der Waals surface area contributed by atoms with E-state index in [1.807, 2.05) is 0 Å². The molecular weight excluding hydrogens is 516 g/mol. The molecule has 4 rings (SSSR count). The van der Waals surface area contributed by atoms with E-state index in [0.29, 0.717) is 5.56 Å². The molecule has 1 aromatic carbocycles. The molecule has 1 N–H and O–H groups in total. The van der Waals surface area contributed by atoms with Gasteiger partial charge >= 0.3 is 12.6 Å². The normalized spacial score (nSPS) is 21.0. The van der Waals surface area contributed by atoms with Crippen LogP contribution in [0.1, 0.15) is 23.9 Å². The third-order valence-corrected chi connectivity index (χ3v) is 8.53. The average Bonchev–Trinajstić information content (AvgIpc) is 3.30. The van der Waals surface area contributed by atoms with Crippen molar-refractivity contribution in [3.05, 3.63) is 41.3 Å². The molecule has 1 unspecified atom stereocenters. The molecule has 4 amide bonds. The summed E-state index contributed by atoms with van der Waals surface area (Å²) in [6, 6.07) is 4.46. The van der Waals surface area contributed by atoms with E-state index in [1.54, 1.807) is 0 Å². The molecular formula is C22H25F2N5O7S. The summed E-state index contributed by atoms with van der Waals surface area (Å²) in [6.07, 6.45) is 0. The van der Waals surface area contributed by atoms with Gasteiger partial charge in [0.05, 0.1) is 0 Å². The molecule has 1 aromatic heterocycles. The Morgan fingerprint density at radius 1 is 1.16 bits per heavy atom.